The number of nitrogens with two attached hydrogens (primary N) is 1. The van der Waals surface area contributed by atoms with Gasteiger partial charge in [0.05, 0.1) is 24.6 Å². The lowest BCUT2D eigenvalue weighted by Crippen LogP contribution is -2.42. The van der Waals surface area contributed by atoms with Gasteiger partial charge in [0.2, 0.25) is 0 Å². The van der Waals surface area contributed by atoms with Gasteiger partial charge in [-0.05, 0) is 12.3 Å². The number of nitrogens with zero attached hydrogens (tertiary/aromatic N) is 1. The Morgan fingerprint density at radius 3 is 2.83 bits per heavy atom. The van der Waals surface area contributed by atoms with Crippen LogP contribution >= 0.6 is 0 Å². The first-order valence-corrected chi connectivity index (χ1v) is 6.09. The third-order valence-electron chi connectivity index (χ3n) is 3.50. The van der Waals surface area contributed by atoms with Crippen LogP contribution < -0.4 is 15.4 Å². The van der Waals surface area contributed by atoms with Crippen LogP contribution in [0.3, 0.4) is 0 Å². The lowest BCUT2D eigenvalue weighted by molar-refractivity contribution is 0.0971. The predicted octanol–water partition coefficient (Wildman–Crippen LogP) is 1.62. The maximum atomic E-state index is 13.5. The second-order valence-electron chi connectivity index (χ2n) is 4.82. The van der Waals surface area contributed by atoms with Crippen molar-refractivity contribution >= 4 is 11.4 Å². The Morgan fingerprint density at radius 2 is 2.22 bits per heavy atom. The standard InChI is InChI=1S/C13H19FN2O2/c1-8-7-16(4-3-12(8)17)11-6-13(18-2)9(14)5-10(11)15/h5-6,8,12,17H,3-4,7,15H2,1-2H3. The summed E-state index contributed by atoms with van der Waals surface area (Å²) >= 11 is 0. The van der Waals surface area contributed by atoms with Crippen LogP contribution in [0.5, 0.6) is 5.75 Å². The first-order chi connectivity index (χ1) is 8.52. The SMILES string of the molecule is COc1cc(N2CCC(O)C(C)C2)c(N)cc1F. The molecular formula is C13H19FN2O2. The van der Waals surface area contributed by atoms with Gasteiger partial charge in [-0.1, -0.05) is 6.92 Å². The van der Waals surface area contributed by atoms with Crippen LogP contribution in [0.25, 0.3) is 0 Å². The molecule has 0 aliphatic carbocycles. The molecule has 0 bridgehead atoms. The molecule has 1 fully saturated rings. The molecule has 0 aromatic heterocycles. The maximum absolute atomic E-state index is 13.5. The lowest BCUT2D eigenvalue weighted by Gasteiger charge is -2.36. The topological polar surface area (TPSA) is 58.7 Å². The first kappa shape index (κ1) is 13.0. The summed E-state index contributed by atoms with van der Waals surface area (Å²) in [5.74, 6) is -0.0870. The monoisotopic (exact) mass is 254 g/mol. The van der Waals surface area contributed by atoms with E-state index in [1.54, 1.807) is 6.07 Å². The highest BCUT2D eigenvalue weighted by Crippen LogP contribution is 2.33. The molecule has 1 saturated heterocycles. The summed E-state index contributed by atoms with van der Waals surface area (Å²) in [5, 5.41) is 9.71. The average molecular weight is 254 g/mol. The van der Waals surface area contributed by atoms with Gasteiger partial charge in [-0.3, -0.25) is 0 Å². The van der Waals surface area contributed by atoms with Crippen molar-refractivity contribution in [1.29, 1.82) is 0 Å². The predicted molar refractivity (Wildman–Crippen MR) is 69.4 cm³/mol. The minimum atomic E-state index is -0.455. The number of aliphatic hydroxyl groups is 1. The van der Waals surface area contributed by atoms with E-state index in [9.17, 15) is 9.50 Å². The van der Waals surface area contributed by atoms with Gasteiger partial charge in [0.25, 0.3) is 0 Å². The molecular weight excluding hydrogens is 235 g/mol. The van der Waals surface area contributed by atoms with E-state index >= 15 is 0 Å². The molecule has 1 aliphatic heterocycles. The fourth-order valence-electron chi connectivity index (χ4n) is 2.34. The number of anilines is 2. The summed E-state index contributed by atoms with van der Waals surface area (Å²) in [6.45, 7) is 3.42. The maximum Gasteiger partial charge on any atom is 0.167 e. The number of benzene rings is 1. The van der Waals surface area contributed by atoms with E-state index in [-0.39, 0.29) is 17.8 Å². The summed E-state index contributed by atoms with van der Waals surface area (Å²) in [4.78, 5) is 2.06. The zero-order chi connectivity index (χ0) is 13.3. The molecule has 0 radical (unpaired) electrons. The number of hydrogen-bond donors (Lipinski definition) is 2. The van der Waals surface area contributed by atoms with Crippen molar-refractivity contribution in [3.05, 3.63) is 17.9 Å². The van der Waals surface area contributed by atoms with E-state index < -0.39 is 5.82 Å². The first-order valence-electron chi connectivity index (χ1n) is 6.09. The number of piperidine rings is 1. The largest absolute Gasteiger partial charge is 0.494 e. The van der Waals surface area contributed by atoms with Crippen LogP contribution in [0.2, 0.25) is 0 Å². The van der Waals surface area contributed by atoms with Gasteiger partial charge in [0, 0.05) is 25.2 Å². The Labute approximate surface area is 106 Å². The zero-order valence-electron chi connectivity index (χ0n) is 10.7. The van der Waals surface area contributed by atoms with Gasteiger partial charge < -0.3 is 20.5 Å². The summed E-state index contributed by atoms with van der Waals surface area (Å²) in [6, 6.07) is 2.90. The molecule has 0 saturated carbocycles. The highest BCUT2D eigenvalue weighted by Gasteiger charge is 2.26. The van der Waals surface area contributed by atoms with Crippen molar-refractivity contribution in [2.75, 3.05) is 30.8 Å². The van der Waals surface area contributed by atoms with Crippen LogP contribution in [0, 0.1) is 11.7 Å². The molecule has 18 heavy (non-hydrogen) atoms. The van der Waals surface area contributed by atoms with E-state index in [4.69, 9.17) is 10.5 Å². The molecule has 0 amide bonds. The van der Waals surface area contributed by atoms with E-state index in [2.05, 4.69) is 4.90 Å². The second-order valence-corrected chi connectivity index (χ2v) is 4.82. The van der Waals surface area contributed by atoms with Crippen molar-refractivity contribution in [1.82, 2.24) is 0 Å². The molecule has 0 spiro atoms. The number of nitrogen functional groups attached to an aromatic ring is 1. The highest BCUT2D eigenvalue weighted by atomic mass is 19.1. The molecule has 5 heteroatoms. The number of aliphatic hydroxyl groups excluding tert-OH is 1. The molecule has 3 N–H and O–H groups in total. The molecule has 1 aromatic rings. The van der Waals surface area contributed by atoms with Crippen molar-refractivity contribution in [2.24, 2.45) is 5.92 Å². The summed E-state index contributed by atoms with van der Waals surface area (Å²) in [6.07, 6.45) is 0.421. The molecule has 1 aliphatic rings. The van der Waals surface area contributed by atoms with Crippen molar-refractivity contribution < 1.29 is 14.2 Å². The van der Waals surface area contributed by atoms with Gasteiger partial charge in [0.15, 0.2) is 11.6 Å². The quantitative estimate of drug-likeness (QED) is 0.787. The fraction of sp³-hybridized carbons (Fsp3) is 0.538. The molecule has 1 aromatic carbocycles. The molecule has 2 unspecified atom stereocenters. The molecule has 1 heterocycles. The fourth-order valence-corrected chi connectivity index (χ4v) is 2.34. The third kappa shape index (κ3) is 2.36. The van der Waals surface area contributed by atoms with E-state index in [1.165, 1.54) is 13.2 Å². The highest BCUT2D eigenvalue weighted by molar-refractivity contribution is 5.70. The van der Waals surface area contributed by atoms with Gasteiger partial charge in [-0.25, -0.2) is 4.39 Å². The van der Waals surface area contributed by atoms with Crippen LogP contribution in [0.4, 0.5) is 15.8 Å². The van der Waals surface area contributed by atoms with Crippen LogP contribution in [-0.4, -0.2) is 31.4 Å². The summed E-state index contributed by atoms with van der Waals surface area (Å²) < 4.78 is 18.4. The Morgan fingerprint density at radius 1 is 1.50 bits per heavy atom. The number of rotatable bonds is 2. The Bertz CT molecular complexity index is 439. The van der Waals surface area contributed by atoms with Crippen molar-refractivity contribution in [2.45, 2.75) is 19.4 Å². The Balaban J connectivity index is 2.28. The van der Waals surface area contributed by atoms with E-state index in [0.717, 1.165) is 5.69 Å². The van der Waals surface area contributed by atoms with Crippen LogP contribution in [0.1, 0.15) is 13.3 Å². The van der Waals surface area contributed by atoms with E-state index in [0.29, 0.717) is 25.2 Å². The Kier molecular flexibility index (Phi) is 3.61. The molecule has 2 rings (SSSR count). The minimum absolute atomic E-state index is 0.175. The van der Waals surface area contributed by atoms with Crippen molar-refractivity contribution in [3.8, 4) is 5.75 Å². The van der Waals surface area contributed by atoms with Gasteiger partial charge in [-0.15, -0.1) is 0 Å². The van der Waals surface area contributed by atoms with Crippen molar-refractivity contribution in [3.63, 3.8) is 0 Å². The Hall–Kier alpha value is -1.49. The molecule has 2 atom stereocenters. The number of hydrogen-bond acceptors (Lipinski definition) is 4. The number of ether oxygens (including phenoxy) is 1. The van der Waals surface area contributed by atoms with E-state index in [1.807, 2.05) is 6.92 Å². The van der Waals surface area contributed by atoms with Gasteiger partial charge in [0.1, 0.15) is 0 Å². The number of halogens is 1. The lowest BCUT2D eigenvalue weighted by atomic mass is 9.96. The molecule has 100 valence electrons. The smallest absolute Gasteiger partial charge is 0.167 e. The van der Waals surface area contributed by atoms with Crippen LogP contribution in [0.15, 0.2) is 12.1 Å². The van der Waals surface area contributed by atoms with Gasteiger partial charge in [-0.2, -0.15) is 0 Å². The average Bonchev–Trinajstić information content (AvgIpc) is 2.33. The summed E-state index contributed by atoms with van der Waals surface area (Å²) in [7, 11) is 1.43. The number of methoxy groups -OCH3 is 1. The third-order valence-corrected chi connectivity index (χ3v) is 3.50. The summed E-state index contributed by atoms with van der Waals surface area (Å²) in [5.41, 5.74) is 7.03. The van der Waals surface area contributed by atoms with Crippen LogP contribution in [-0.2, 0) is 0 Å². The second kappa shape index (κ2) is 5.02. The normalized spacial score (nSPS) is 24.1. The zero-order valence-corrected chi connectivity index (χ0v) is 10.7. The minimum Gasteiger partial charge on any atom is -0.494 e. The molecule has 4 nitrogen and oxygen atoms in total. The van der Waals surface area contributed by atoms with Gasteiger partial charge >= 0.3 is 0 Å².